The van der Waals surface area contributed by atoms with Crippen LogP contribution in [0.2, 0.25) is 0 Å². The molecule has 1 N–H and O–H groups in total. The monoisotopic (exact) mass is 298 g/mol. The Kier molecular flexibility index (Phi) is 3.42. The molecule has 0 spiro atoms. The number of rotatable bonds is 3. The first kappa shape index (κ1) is 13.9. The van der Waals surface area contributed by atoms with Crippen molar-refractivity contribution in [2.24, 2.45) is 7.05 Å². The highest BCUT2D eigenvalue weighted by atomic mass is 16.1. The minimum absolute atomic E-state index is 0.153. The molecule has 112 valence electrons. The molecule has 1 amide bonds. The summed E-state index contributed by atoms with van der Waals surface area (Å²) in [5.41, 5.74) is 1.63. The number of fused-ring (bicyclic) bond motifs is 1. The summed E-state index contributed by atoms with van der Waals surface area (Å²) in [6, 6.07) is 6.97. The molecule has 2 aromatic heterocycles. The van der Waals surface area contributed by atoms with Gasteiger partial charge in [0.25, 0.3) is 11.5 Å². The molecule has 0 aliphatic rings. The second-order valence-electron chi connectivity index (χ2n) is 4.83. The van der Waals surface area contributed by atoms with Gasteiger partial charge in [-0.25, -0.2) is 9.36 Å². The Balaban J connectivity index is 1.91. The normalized spacial score (nSPS) is 10.8. The van der Waals surface area contributed by atoms with Crippen LogP contribution in [0.4, 0.5) is 0 Å². The fourth-order valence-corrected chi connectivity index (χ4v) is 2.16. The van der Waals surface area contributed by atoms with E-state index >= 15 is 0 Å². The van der Waals surface area contributed by atoms with Gasteiger partial charge in [0.15, 0.2) is 5.65 Å². The number of aromatic nitrogens is 5. The number of amides is 1. The van der Waals surface area contributed by atoms with Crippen molar-refractivity contribution in [2.75, 3.05) is 7.05 Å². The molecule has 0 saturated carbocycles. The van der Waals surface area contributed by atoms with Crippen LogP contribution in [0, 0.1) is 0 Å². The number of hydrogen-bond acceptors (Lipinski definition) is 5. The van der Waals surface area contributed by atoms with Crippen LogP contribution in [0.25, 0.3) is 11.0 Å². The SMILES string of the molecule is CNC(=O)c1ccc(Cn2nnc3c(cnn3C)c2=O)cc1. The van der Waals surface area contributed by atoms with Crippen LogP contribution in [0.15, 0.2) is 35.3 Å². The lowest BCUT2D eigenvalue weighted by Crippen LogP contribution is -2.24. The summed E-state index contributed by atoms with van der Waals surface area (Å²) in [6.07, 6.45) is 1.48. The Labute approximate surface area is 125 Å². The van der Waals surface area contributed by atoms with Crippen LogP contribution in [-0.2, 0) is 13.6 Å². The number of carbonyl (C=O) groups is 1. The van der Waals surface area contributed by atoms with Crippen molar-refractivity contribution in [3.8, 4) is 0 Å². The fraction of sp³-hybridized carbons (Fsp3) is 0.214. The largest absolute Gasteiger partial charge is 0.355 e. The number of nitrogens with one attached hydrogen (secondary N) is 1. The zero-order valence-corrected chi connectivity index (χ0v) is 12.1. The first-order valence-electron chi connectivity index (χ1n) is 6.66. The highest BCUT2D eigenvalue weighted by Crippen LogP contribution is 2.06. The molecule has 2 heterocycles. The zero-order valence-electron chi connectivity index (χ0n) is 12.1. The lowest BCUT2D eigenvalue weighted by Gasteiger charge is -2.05. The van der Waals surface area contributed by atoms with Crippen LogP contribution in [0.3, 0.4) is 0 Å². The molecular weight excluding hydrogens is 284 g/mol. The van der Waals surface area contributed by atoms with Gasteiger partial charge in [-0.3, -0.25) is 9.59 Å². The van der Waals surface area contributed by atoms with E-state index in [4.69, 9.17) is 0 Å². The van der Waals surface area contributed by atoms with Crippen molar-refractivity contribution >= 4 is 16.9 Å². The predicted octanol–water partition coefficient (Wildman–Crippen LogP) is -0.0671. The molecule has 0 aliphatic carbocycles. The maximum Gasteiger partial charge on any atom is 0.281 e. The lowest BCUT2D eigenvalue weighted by atomic mass is 10.1. The molecule has 3 aromatic rings. The van der Waals surface area contributed by atoms with Gasteiger partial charge in [-0.05, 0) is 17.7 Å². The summed E-state index contributed by atoms with van der Waals surface area (Å²) in [6.45, 7) is 0.282. The molecule has 8 heteroatoms. The van der Waals surface area contributed by atoms with Gasteiger partial charge in [-0.15, -0.1) is 5.10 Å². The quantitative estimate of drug-likeness (QED) is 0.730. The van der Waals surface area contributed by atoms with Crippen LogP contribution < -0.4 is 10.9 Å². The minimum Gasteiger partial charge on any atom is -0.355 e. The van der Waals surface area contributed by atoms with Crippen molar-refractivity contribution in [3.05, 3.63) is 51.9 Å². The number of nitrogens with zero attached hydrogens (tertiary/aromatic N) is 5. The van der Waals surface area contributed by atoms with E-state index in [-0.39, 0.29) is 18.0 Å². The highest BCUT2D eigenvalue weighted by Gasteiger charge is 2.10. The Morgan fingerprint density at radius 2 is 2.00 bits per heavy atom. The van der Waals surface area contributed by atoms with E-state index in [1.807, 2.05) is 0 Å². The Morgan fingerprint density at radius 1 is 1.27 bits per heavy atom. The van der Waals surface area contributed by atoms with Crippen molar-refractivity contribution in [1.82, 2.24) is 30.1 Å². The molecule has 0 aliphatic heterocycles. The summed E-state index contributed by atoms with van der Waals surface area (Å²) < 4.78 is 2.78. The van der Waals surface area contributed by atoms with Crippen LogP contribution in [-0.4, -0.2) is 37.7 Å². The summed E-state index contributed by atoms with van der Waals surface area (Å²) in [5.74, 6) is -0.153. The lowest BCUT2D eigenvalue weighted by molar-refractivity contribution is 0.0963. The molecule has 1 aromatic carbocycles. The standard InChI is InChI=1S/C14H14N6O2/c1-15-13(21)10-5-3-9(4-6-10)8-20-14(22)11-7-16-19(2)12(11)17-18-20/h3-7H,8H2,1-2H3,(H,15,21). The van der Waals surface area contributed by atoms with Gasteiger partial charge < -0.3 is 5.32 Å². The van der Waals surface area contributed by atoms with E-state index in [9.17, 15) is 9.59 Å². The van der Waals surface area contributed by atoms with Crippen LogP contribution in [0.1, 0.15) is 15.9 Å². The van der Waals surface area contributed by atoms with Crippen molar-refractivity contribution in [2.45, 2.75) is 6.54 Å². The second-order valence-corrected chi connectivity index (χ2v) is 4.83. The summed E-state index contributed by atoms with van der Waals surface area (Å²) in [5, 5.41) is 14.9. The Morgan fingerprint density at radius 3 is 2.68 bits per heavy atom. The van der Waals surface area contributed by atoms with E-state index in [0.29, 0.717) is 16.6 Å². The third-order valence-corrected chi connectivity index (χ3v) is 3.40. The highest BCUT2D eigenvalue weighted by molar-refractivity contribution is 5.93. The van der Waals surface area contributed by atoms with E-state index in [0.717, 1.165) is 5.56 Å². The Hall–Kier alpha value is -3.03. The molecule has 8 nitrogen and oxygen atoms in total. The molecule has 3 rings (SSSR count). The first-order chi connectivity index (χ1) is 10.6. The summed E-state index contributed by atoms with van der Waals surface area (Å²) in [7, 11) is 3.28. The maximum absolute atomic E-state index is 12.3. The van der Waals surface area contributed by atoms with Gasteiger partial charge in [0.05, 0.1) is 12.7 Å². The third kappa shape index (κ3) is 2.34. The molecule has 0 bridgehead atoms. The number of hydrogen-bond donors (Lipinski definition) is 1. The molecule has 0 unspecified atom stereocenters. The summed E-state index contributed by atoms with van der Waals surface area (Å²) >= 11 is 0. The number of aryl methyl sites for hydroxylation is 1. The number of benzene rings is 1. The van der Waals surface area contributed by atoms with Crippen molar-refractivity contribution in [1.29, 1.82) is 0 Å². The zero-order chi connectivity index (χ0) is 15.7. The van der Waals surface area contributed by atoms with Gasteiger partial charge in [-0.2, -0.15) is 5.10 Å². The maximum atomic E-state index is 12.3. The van der Waals surface area contributed by atoms with Gasteiger partial charge in [0.1, 0.15) is 5.39 Å². The third-order valence-electron chi connectivity index (χ3n) is 3.40. The smallest absolute Gasteiger partial charge is 0.281 e. The van der Waals surface area contributed by atoms with E-state index in [1.54, 1.807) is 38.4 Å². The molecule has 0 radical (unpaired) electrons. The first-order valence-corrected chi connectivity index (χ1v) is 6.66. The van der Waals surface area contributed by atoms with Crippen molar-refractivity contribution < 1.29 is 4.79 Å². The Bertz CT molecular complexity index is 894. The van der Waals surface area contributed by atoms with Gasteiger partial charge in [0.2, 0.25) is 0 Å². The summed E-state index contributed by atoms with van der Waals surface area (Å²) in [4.78, 5) is 23.8. The van der Waals surface area contributed by atoms with Crippen molar-refractivity contribution in [3.63, 3.8) is 0 Å². The fourth-order valence-electron chi connectivity index (χ4n) is 2.16. The van der Waals surface area contributed by atoms with Gasteiger partial charge in [-0.1, -0.05) is 17.3 Å². The minimum atomic E-state index is -0.242. The van der Waals surface area contributed by atoms with E-state index < -0.39 is 0 Å². The predicted molar refractivity (Wildman–Crippen MR) is 79.5 cm³/mol. The molecular formula is C14H14N6O2. The van der Waals surface area contributed by atoms with Gasteiger partial charge >= 0.3 is 0 Å². The average molecular weight is 298 g/mol. The average Bonchev–Trinajstić information content (AvgIpc) is 2.92. The van der Waals surface area contributed by atoms with E-state index in [2.05, 4.69) is 20.7 Å². The molecule has 0 atom stereocenters. The van der Waals surface area contributed by atoms with Gasteiger partial charge in [0, 0.05) is 19.7 Å². The van der Waals surface area contributed by atoms with Crippen LogP contribution >= 0.6 is 0 Å². The second kappa shape index (κ2) is 5.40. The topological polar surface area (TPSA) is 94.7 Å². The molecule has 0 saturated heterocycles. The van der Waals surface area contributed by atoms with Crippen LogP contribution in [0.5, 0.6) is 0 Å². The molecule has 22 heavy (non-hydrogen) atoms. The number of carbonyl (C=O) groups excluding carboxylic acids is 1. The van der Waals surface area contributed by atoms with E-state index in [1.165, 1.54) is 15.6 Å². The molecule has 0 fully saturated rings.